The molecule has 14 heteroatoms. The number of anilines is 4. The number of ether oxygens (including phenoxy) is 1. The van der Waals surface area contributed by atoms with Gasteiger partial charge in [0.2, 0.25) is 5.95 Å². The lowest BCUT2D eigenvalue weighted by Gasteiger charge is -2.12. The maximum absolute atomic E-state index is 11.3. The Morgan fingerprint density at radius 3 is 1.93 bits per heavy atom. The Kier molecular flexibility index (Phi) is 8.54. The second-order valence-electron chi connectivity index (χ2n) is 8.19. The highest BCUT2D eigenvalue weighted by molar-refractivity contribution is 5.94. The van der Waals surface area contributed by atoms with E-state index in [1.165, 1.54) is 55.9 Å². The maximum atomic E-state index is 11.3. The number of nitrogens with one attached hydrogen (secondary N) is 3. The Bertz CT molecular complexity index is 1560. The summed E-state index contributed by atoms with van der Waals surface area (Å²) < 4.78 is 5.37. The van der Waals surface area contributed by atoms with Crippen LogP contribution in [0.15, 0.2) is 76.9 Å². The van der Waals surface area contributed by atoms with Crippen LogP contribution in [0.3, 0.4) is 0 Å². The molecule has 208 valence electrons. The van der Waals surface area contributed by atoms with Crippen LogP contribution in [-0.4, -0.2) is 61.9 Å². The first-order chi connectivity index (χ1) is 19.7. The summed E-state index contributed by atoms with van der Waals surface area (Å²) in [6, 6.07) is 16.7. The molecular weight excluding hydrogens is 534 g/mol. The molecule has 0 unspecified atom stereocenters. The highest BCUT2D eigenvalue weighted by Crippen LogP contribution is 2.27. The number of para-hydroxylation sites is 2. The summed E-state index contributed by atoms with van der Waals surface area (Å²) in [4.78, 5) is 31.2. The Morgan fingerprint density at radius 2 is 1.34 bits per heavy atom. The zero-order valence-electron chi connectivity index (χ0n) is 21.3. The number of hydrazone groups is 2. The van der Waals surface area contributed by atoms with Crippen molar-refractivity contribution in [3.63, 3.8) is 0 Å². The number of methoxy groups -OCH3 is 1. The third-order valence-electron chi connectivity index (χ3n) is 5.37. The predicted molar refractivity (Wildman–Crippen MR) is 151 cm³/mol. The zero-order valence-corrected chi connectivity index (χ0v) is 21.3. The summed E-state index contributed by atoms with van der Waals surface area (Å²) >= 11 is 0. The minimum atomic E-state index is -1.29. The molecule has 1 aromatic heterocycles. The van der Waals surface area contributed by atoms with Crippen LogP contribution in [0.4, 0.5) is 23.3 Å². The number of aromatic nitrogens is 2. The summed E-state index contributed by atoms with van der Waals surface area (Å²) in [6.45, 7) is 0. The molecule has 0 radical (unpaired) electrons. The number of aromatic carboxylic acids is 2. The lowest BCUT2D eigenvalue weighted by Crippen LogP contribution is -2.05. The van der Waals surface area contributed by atoms with E-state index < -0.39 is 11.9 Å². The van der Waals surface area contributed by atoms with Crippen molar-refractivity contribution in [3.05, 3.63) is 89.0 Å². The van der Waals surface area contributed by atoms with Crippen LogP contribution in [0.5, 0.6) is 17.2 Å². The van der Waals surface area contributed by atoms with Crippen LogP contribution >= 0.6 is 0 Å². The summed E-state index contributed by atoms with van der Waals surface area (Å²) in [5.41, 5.74) is 6.28. The van der Waals surface area contributed by atoms with Crippen molar-refractivity contribution in [1.82, 2.24) is 9.97 Å². The van der Waals surface area contributed by atoms with Crippen molar-refractivity contribution in [2.75, 3.05) is 23.3 Å². The number of aromatic hydroxyl groups is 2. The van der Waals surface area contributed by atoms with E-state index >= 15 is 0 Å². The van der Waals surface area contributed by atoms with Gasteiger partial charge in [-0.15, -0.1) is 0 Å². The van der Waals surface area contributed by atoms with Gasteiger partial charge in [0.05, 0.1) is 25.2 Å². The first kappa shape index (κ1) is 27.8. The summed E-state index contributed by atoms with van der Waals surface area (Å²) in [5.74, 6) is -2.15. The Morgan fingerprint density at radius 1 is 0.780 bits per heavy atom. The van der Waals surface area contributed by atoms with E-state index in [9.17, 15) is 30.0 Å². The van der Waals surface area contributed by atoms with E-state index in [4.69, 9.17) is 4.74 Å². The van der Waals surface area contributed by atoms with Crippen molar-refractivity contribution in [3.8, 4) is 17.2 Å². The van der Waals surface area contributed by atoms with Gasteiger partial charge in [-0.3, -0.25) is 5.43 Å². The van der Waals surface area contributed by atoms with Crippen LogP contribution in [0, 0.1) is 0 Å². The largest absolute Gasteiger partial charge is 0.507 e. The first-order valence-electron chi connectivity index (χ1n) is 11.7. The summed E-state index contributed by atoms with van der Waals surface area (Å²) in [6.07, 6.45) is 2.67. The lowest BCUT2D eigenvalue weighted by atomic mass is 10.1. The number of carboxylic acids is 2. The molecule has 0 bridgehead atoms. The Hall–Kier alpha value is -6.18. The van der Waals surface area contributed by atoms with E-state index in [0.717, 1.165) is 0 Å². The van der Waals surface area contributed by atoms with Crippen molar-refractivity contribution in [2.24, 2.45) is 10.2 Å². The molecule has 41 heavy (non-hydrogen) atoms. The Labute approximate surface area is 232 Å². The third-order valence-corrected chi connectivity index (χ3v) is 5.37. The lowest BCUT2D eigenvalue weighted by molar-refractivity contribution is 0.0682. The third kappa shape index (κ3) is 7.23. The number of hydrogen-bond acceptors (Lipinski definition) is 12. The second-order valence-corrected chi connectivity index (χ2v) is 8.19. The quantitative estimate of drug-likeness (QED) is 0.103. The molecule has 1 heterocycles. The van der Waals surface area contributed by atoms with Gasteiger partial charge in [0.1, 0.15) is 34.2 Å². The van der Waals surface area contributed by atoms with Gasteiger partial charge in [-0.25, -0.2) is 15.0 Å². The van der Waals surface area contributed by atoms with Crippen molar-refractivity contribution >= 4 is 47.6 Å². The molecule has 0 saturated carbocycles. The fourth-order valence-corrected chi connectivity index (χ4v) is 3.45. The number of carbonyl (C=O) groups is 2. The number of nitrogens with zero attached hydrogens (tertiary/aromatic N) is 4. The summed E-state index contributed by atoms with van der Waals surface area (Å²) in [7, 11) is 1.53. The highest BCUT2D eigenvalue weighted by Gasteiger charge is 2.11. The summed E-state index contributed by atoms with van der Waals surface area (Å²) in [5, 5.41) is 49.0. The van der Waals surface area contributed by atoms with Gasteiger partial charge in [-0.05, 0) is 59.7 Å². The first-order valence-corrected chi connectivity index (χ1v) is 11.7. The molecule has 0 aliphatic heterocycles. The molecule has 0 amide bonds. The number of phenols is 2. The smallest absolute Gasteiger partial charge is 0.339 e. The van der Waals surface area contributed by atoms with Crippen LogP contribution in [0.1, 0.15) is 31.8 Å². The van der Waals surface area contributed by atoms with Crippen LogP contribution in [-0.2, 0) is 0 Å². The van der Waals surface area contributed by atoms with E-state index in [1.54, 1.807) is 18.2 Å². The molecule has 0 saturated heterocycles. The number of carboxylic acid groups (broad SMARTS) is 2. The van der Waals surface area contributed by atoms with Gasteiger partial charge in [-0.2, -0.15) is 20.2 Å². The average Bonchev–Trinajstić information content (AvgIpc) is 2.95. The van der Waals surface area contributed by atoms with Crippen molar-refractivity contribution in [1.29, 1.82) is 0 Å². The molecule has 0 spiro atoms. The fourth-order valence-electron chi connectivity index (χ4n) is 3.45. The molecule has 0 aliphatic rings. The van der Waals surface area contributed by atoms with Crippen molar-refractivity contribution in [2.45, 2.75) is 0 Å². The van der Waals surface area contributed by atoms with Gasteiger partial charge < -0.3 is 30.5 Å². The molecule has 0 aliphatic carbocycles. The maximum Gasteiger partial charge on any atom is 0.339 e. The molecule has 4 rings (SSSR count). The molecule has 7 N–H and O–H groups in total. The van der Waals surface area contributed by atoms with Crippen LogP contribution in [0.2, 0.25) is 0 Å². The predicted octanol–water partition coefficient (Wildman–Crippen LogP) is 3.93. The minimum Gasteiger partial charge on any atom is -0.507 e. The molecule has 14 nitrogen and oxygen atoms in total. The van der Waals surface area contributed by atoms with E-state index in [1.807, 2.05) is 12.1 Å². The van der Waals surface area contributed by atoms with Gasteiger partial charge in [0, 0.05) is 6.07 Å². The van der Waals surface area contributed by atoms with Crippen LogP contribution < -0.4 is 20.9 Å². The van der Waals surface area contributed by atoms with Gasteiger partial charge >= 0.3 is 11.9 Å². The minimum absolute atomic E-state index is 0.0360. The normalized spacial score (nSPS) is 11.0. The molecule has 0 fully saturated rings. The standard InChI is InChI=1S/C27H23N7O7/c1-41-22-5-3-2-4-19(22)30-23-12-24(33-28-13-15-6-8-20(35)17(10-15)25(37)38)32-27(31-23)34-29-14-16-7-9-21(36)18(11-16)26(39)40/h2-14,35-36H,1H3,(H,37,38)(H,39,40)(H3,30,31,32,33,34). The van der Waals surface area contributed by atoms with E-state index in [0.29, 0.717) is 28.4 Å². The molecule has 4 aromatic rings. The fraction of sp³-hybridized carbons (Fsp3) is 0.0370. The second kappa shape index (κ2) is 12.6. The van der Waals surface area contributed by atoms with Gasteiger partial charge in [0.15, 0.2) is 5.82 Å². The Balaban J connectivity index is 1.59. The number of rotatable bonds is 11. The average molecular weight is 558 g/mol. The van der Waals surface area contributed by atoms with Gasteiger partial charge in [-0.1, -0.05) is 12.1 Å². The number of benzene rings is 3. The topological polar surface area (TPSA) is 211 Å². The van der Waals surface area contributed by atoms with Crippen LogP contribution in [0.25, 0.3) is 0 Å². The highest BCUT2D eigenvalue weighted by atomic mass is 16.5. The zero-order chi connectivity index (χ0) is 29.4. The molecule has 0 atom stereocenters. The molecule has 3 aromatic carbocycles. The van der Waals surface area contributed by atoms with Crippen molar-refractivity contribution < 1.29 is 34.8 Å². The van der Waals surface area contributed by atoms with Gasteiger partial charge in [0.25, 0.3) is 0 Å². The monoisotopic (exact) mass is 557 g/mol. The SMILES string of the molecule is COc1ccccc1Nc1cc(NN=Cc2ccc(O)c(C(=O)O)c2)nc(NN=Cc2ccc(O)c(C(=O)O)c2)n1. The van der Waals surface area contributed by atoms with E-state index in [-0.39, 0.29) is 34.4 Å². The number of hydrogen-bond donors (Lipinski definition) is 7. The van der Waals surface area contributed by atoms with E-state index in [2.05, 4.69) is 36.3 Å². The molecular formula is C27H23N7O7.